The number of rotatable bonds is 10. The first kappa shape index (κ1) is 27.3. The Kier molecular flexibility index (Phi) is 7.72. The maximum absolute atomic E-state index is 5.03. The number of imidazole rings is 1. The van der Waals surface area contributed by atoms with E-state index in [1.165, 1.54) is 5.56 Å². The van der Waals surface area contributed by atoms with Gasteiger partial charge in [0.05, 0.1) is 21.6 Å². The van der Waals surface area contributed by atoms with Gasteiger partial charge in [-0.25, -0.2) is 9.97 Å². The molecule has 6 aromatic rings. The average molecular weight is 570 g/mol. The Morgan fingerprint density at radius 2 is 1.81 bits per heavy atom. The van der Waals surface area contributed by atoms with Gasteiger partial charge in [-0.2, -0.15) is 5.10 Å². The van der Waals surface area contributed by atoms with E-state index in [0.717, 1.165) is 66.5 Å². The predicted octanol–water partition coefficient (Wildman–Crippen LogP) is 7.96. The quantitative estimate of drug-likeness (QED) is 0.145. The standard InChI is InChI=1S/C34H31N7S/c1-5-22(19-35-20-23-10-8-7-9-11-23)18-24(6-2)25-12-13-27-31(37-25)33(41-40-27)34-38-26-16-17-36-32(30(26)39-34)29-15-14-28(42-29)21(3)4/h5-18,35H,1,3,19-20H2,2,4H3,(H,38,39)(H,40,41)/b22-18+,24-6+. The fourth-order valence-electron chi connectivity index (χ4n) is 4.78. The number of hydrogen-bond donors (Lipinski definition) is 3. The fourth-order valence-corrected chi connectivity index (χ4v) is 5.71. The molecule has 0 amide bonds. The van der Waals surface area contributed by atoms with Gasteiger partial charge in [0.15, 0.2) is 11.5 Å². The number of aromatic amines is 2. The molecule has 0 atom stereocenters. The highest BCUT2D eigenvalue weighted by atomic mass is 32.1. The molecule has 0 aliphatic heterocycles. The first-order valence-corrected chi connectivity index (χ1v) is 14.6. The molecule has 7 nitrogen and oxygen atoms in total. The van der Waals surface area contributed by atoms with E-state index in [2.05, 4.69) is 87.2 Å². The summed E-state index contributed by atoms with van der Waals surface area (Å²) in [5.74, 6) is 0.640. The van der Waals surface area contributed by atoms with Gasteiger partial charge < -0.3 is 10.3 Å². The zero-order valence-electron chi connectivity index (χ0n) is 23.6. The number of pyridine rings is 2. The molecule has 0 aliphatic rings. The lowest BCUT2D eigenvalue weighted by Crippen LogP contribution is -2.16. The number of H-pyrrole nitrogens is 2. The predicted molar refractivity (Wildman–Crippen MR) is 175 cm³/mol. The summed E-state index contributed by atoms with van der Waals surface area (Å²) < 4.78 is 0. The number of hydrogen-bond acceptors (Lipinski definition) is 6. The molecule has 3 N–H and O–H groups in total. The van der Waals surface area contributed by atoms with Gasteiger partial charge in [-0.1, -0.05) is 55.6 Å². The molecule has 0 aliphatic carbocycles. The van der Waals surface area contributed by atoms with Crippen molar-refractivity contribution in [2.75, 3.05) is 6.54 Å². The van der Waals surface area contributed by atoms with Crippen LogP contribution in [0.15, 0.2) is 104 Å². The van der Waals surface area contributed by atoms with Crippen molar-refractivity contribution in [1.29, 1.82) is 0 Å². The van der Waals surface area contributed by atoms with E-state index in [4.69, 9.17) is 9.97 Å². The Hall–Kier alpha value is -4.92. The summed E-state index contributed by atoms with van der Waals surface area (Å²) in [6, 6.07) is 20.5. The smallest absolute Gasteiger partial charge is 0.161 e. The maximum Gasteiger partial charge on any atom is 0.161 e. The SMILES string of the molecule is C=C/C(=C\C(=C/C)c1ccc2[nH]nc(-c3nc4c(-c5ccc(C(=C)C)s5)nccc4[nH]3)c2n1)CNCc1ccccc1. The molecule has 0 spiro atoms. The second-order valence-electron chi connectivity index (χ2n) is 10.0. The lowest BCUT2D eigenvalue weighted by atomic mass is 10.1. The molecule has 5 aromatic heterocycles. The molecule has 0 saturated carbocycles. The van der Waals surface area contributed by atoms with Crippen LogP contribution >= 0.6 is 11.3 Å². The summed E-state index contributed by atoms with van der Waals surface area (Å²) in [7, 11) is 0. The number of allylic oxidation sites excluding steroid dienone is 4. The Balaban J connectivity index is 1.30. The second-order valence-corrected chi connectivity index (χ2v) is 11.1. The van der Waals surface area contributed by atoms with E-state index >= 15 is 0 Å². The fraction of sp³-hybridized carbons (Fsp3) is 0.118. The molecule has 0 fully saturated rings. The zero-order chi connectivity index (χ0) is 29.1. The van der Waals surface area contributed by atoms with E-state index in [-0.39, 0.29) is 0 Å². The van der Waals surface area contributed by atoms with Crippen molar-refractivity contribution in [3.63, 3.8) is 0 Å². The van der Waals surface area contributed by atoms with Crippen LogP contribution in [0.25, 0.3) is 55.3 Å². The van der Waals surface area contributed by atoms with Crippen molar-refractivity contribution in [2.45, 2.75) is 20.4 Å². The van der Waals surface area contributed by atoms with Crippen molar-refractivity contribution in [3.8, 4) is 22.1 Å². The number of fused-ring (bicyclic) bond motifs is 2. The van der Waals surface area contributed by atoms with Gasteiger partial charge in [0, 0.05) is 24.2 Å². The zero-order valence-corrected chi connectivity index (χ0v) is 24.4. The van der Waals surface area contributed by atoms with E-state index in [1.807, 2.05) is 44.2 Å². The summed E-state index contributed by atoms with van der Waals surface area (Å²) in [6.45, 7) is 13.6. The molecule has 0 unspecified atom stereocenters. The molecule has 8 heteroatoms. The van der Waals surface area contributed by atoms with Gasteiger partial charge >= 0.3 is 0 Å². The number of benzene rings is 1. The van der Waals surface area contributed by atoms with Gasteiger partial charge in [-0.15, -0.1) is 11.3 Å². The molecular formula is C34H31N7S. The highest BCUT2D eigenvalue weighted by Gasteiger charge is 2.18. The number of nitrogens with zero attached hydrogens (tertiary/aromatic N) is 4. The summed E-state index contributed by atoms with van der Waals surface area (Å²) >= 11 is 1.66. The summed E-state index contributed by atoms with van der Waals surface area (Å²) in [5.41, 5.74) is 9.97. The van der Waals surface area contributed by atoms with Crippen LogP contribution in [0, 0.1) is 0 Å². The van der Waals surface area contributed by atoms with E-state index in [0.29, 0.717) is 18.1 Å². The Morgan fingerprint density at radius 1 is 0.976 bits per heavy atom. The van der Waals surface area contributed by atoms with E-state index in [9.17, 15) is 0 Å². The molecule has 5 heterocycles. The van der Waals surface area contributed by atoms with Gasteiger partial charge in [-0.05, 0) is 72.5 Å². The largest absolute Gasteiger partial charge is 0.336 e. The summed E-state index contributed by atoms with van der Waals surface area (Å²) in [4.78, 5) is 20.2. The Morgan fingerprint density at radius 3 is 2.57 bits per heavy atom. The van der Waals surface area contributed by atoms with Crippen molar-refractivity contribution in [2.24, 2.45) is 0 Å². The molecule has 0 saturated heterocycles. The Bertz CT molecular complexity index is 1970. The monoisotopic (exact) mass is 569 g/mol. The minimum absolute atomic E-state index is 0.640. The van der Waals surface area contributed by atoms with Crippen LogP contribution in [0.3, 0.4) is 0 Å². The highest BCUT2D eigenvalue weighted by Crippen LogP contribution is 2.35. The lowest BCUT2D eigenvalue weighted by Gasteiger charge is -2.08. The Labute approximate surface area is 248 Å². The first-order chi connectivity index (χ1) is 20.5. The van der Waals surface area contributed by atoms with Gasteiger partial charge in [0.25, 0.3) is 0 Å². The van der Waals surface area contributed by atoms with Crippen LogP contribution in [-0.2, 0) is 6.54 Å². The number of nitrogens with one attached hydrogen (secondary N) is 3. The van der Waals surface area contributed by atoms with Crippen LogP contribution < -0.4 is 5.32 Å². The third kappa shape index (κ3) is 5.50. The maximum atomic E-state index is 5.03. The number of aromatic nitrogens is 6. The third-order valence-electron chi connectivity index (χ3n) is 7.00. The second kappa shape index (κ2) is 11.9. The third-order valence-corrected chi connectivity index (χ3v) is 8.26. The highest BCUT2D eigenvalue weighted by molar-refractivity contribution is 7.16. The van der Waals surface area contributed by atoms with Crippen molar-refractivity contribution in [1.82, 2.24) is 35.5 Å². The minimum atomic E-state index is 0.640. The van der Waals surface area contributed by atoms with Crippen molar-refractivity contribution >= 4 is 44.5 Å². The van der Waals surface area contributed by atoms with Crippen LogP contribution in [0.5, 0.6) is 0 Å². The minimum Gasteiger partial charge on any atom is -0.336 e. The molecule has 1 aromatic carbocycles. The normalized spacial score (nSPS) is 12.3. The molecule has 0 bridgehead atoms. The lowest BCUT2D eigenvalue weighted by molar-refractivity contribution is 0.747. The van der Waals surface area contributed by atoms with Crippen LogP contribution in [0.4, 0.5) is 0 Å². The van der Waals surface area contributed by atoms with Gasteiger partial charge in [0.1, 0.15) is 16.7 Å². The molecule has 208 valence electrons. The summed E-state index contributed by atoms with van der Waals surface area (Å²) in [6.07, 6.45) is 7.87. The average Bonchev–Trinajstić information content (AvgIpc) is 3.77. The van der Waals surface area contributed by atoms with E-state index in [1.54, 1.807) is 17.5 Å². The first-order valence-electron chi connectivity index (χ1n) is 13.7. The van der Waals surface area contributed by atoms with E-state index < -0.39 is 0 Å². The van der Waals surface area contributed by atoms with Gasteiger partial charge in [-0.3, -0.25) is 10.1 Å². The molecule has 42 heavy (non-hydrogen) atoms. The van der Waals surface area contributed by atoms with Gasteiger partial charge in [0.2, 0.25) is 0 Å². The molecule has 6 rings (SSSR count). The van der Waals surface area contributed by atoms with Crippen molar-refractivity contribution in [3.05, 3.63) is 120 Å². The van der Waals surface area contributed by atoms with Crippen LogP contribution in [-0.4, -0.2) is 36.7 Å². The molecule has 0 radical (unpaired) electrons. The molecular weight excluding hydrogens is 538 g/mol. The summed E-state index contributed by atoms with van der Waals surface area (Å²) in [5, 5.41) is 11.2. The number of thiophene rings is 1. The van der Waals surface area contributed by atoms with Crippen LogP contribution in [0.2, 0.25) is 0 Å². The van der Waals surface area contributed by atoms with Crippen LogP contribution in [0.1, 0.15) is 30.0 Å². The topological polar surface area (TPSA) is 95.2 Å². The van der Waals surface area contributed by atoms with Crippen molar-refractivity contribution < 1.29 is 0 Å².